The average Bonchev–Trinajstić information content (AvgIpc) is 2.95. The molecule has 2 aliphatic heterocycles. The average molecular weight is 333 g/mol. The molecule has 0 aliphatic carbocycles. The predicted octanol–water partition coefficient (Wildman–Crippen LogP) is 2.44. The number of ether oxygens (including phenoxy) is 2. The maximum absolute atomic E-state index is 12.6. The van der Waals surface area contributed by atoms with E-state index in [-0.39, 0.29) is 31.1 Å². The Balaban J connectivity index is 0.00000161. The Morgan fingerprint density at radius 1 is 1.38 bits per heavy atom. The number of nitrogens with two attached hydrogens (primary N) is 1. The zero-order chi connectivity index (χ0) is 14.1. The van der Waals surface area contributed by atoms with Crippen molar-refractivity contribution in [1.29, 1.82) is 0 Å². The lowest BCUT2D eigenvalue weighted by Gasteiger charge is -2.35. The van der Waals surface area contributed by atoms with Crippen molar-refractivity contribution in [1.82, 2.24) is 4.90 Å². The van der Waals surface area contributed by atoms with Crippen LogP contribution in [0.4, 0.5) is 0 Å². The highest BCUT2D eigenvalue weighted by Crippen LogP contribution is 2.40. The SMILES string of the molecule is Cl.NCC1CCCCN1C(=O)c1cc(Cl)c2c(c1)OCO2. The molecule has 0 spiro atoms. The first-order valence-electron chi connectivity index (χ1n) is 6.81. The first-order chi connectivity index (χ1) is 9.70. The summed E-state index contributed by atoms with van der Waals surface area (Å²) in [5, 5.41) is 0.407. The van der Waals surface area contributed by atoms with Crippen LogP contribution in [0.1, 0.15) is 29.6 Å². The molecule has 2 N–H and O–H groups in total. The van der Waals surface area contributed by atoms with Gasteiger partial charge >= 0.3 is 0 Å². The van der Waals surface area contributed by atoms with Gasteiger partial charge in [-0.3, -0.25) is 4.79 Å². The number of hydrogen-bond donors (Lipinski definition) is 1. The molecule has 1 saturated heterocycles. The van der Waals surface area contributed by atoms with Gasteiger partial charge in [0.25, 0.3) is 5.91 Å². The summed E-state index contributed by atoms with van der Waals surface area (Å²) in [5.74, 6) is 1.000. The second kappa shape index (κ2) is 6.73. The number of fused-ring (bicyclic) bond motifs is 1. The van der Waals surface area contributed by atoms with Crippen LogP contribution in [-0.2, 0) is 0 Å². The molecular formula is C14H18Cl2N2O3. The molecule has 2 aliphatic rings. The Morgan fingerprint density at radius 3 is 2.95 bits per heavy atom. The van der Waals surface area contributed by atoms with E-state index in [0.717, 1.165) is 25.8 Å². The van der Waals surface area contributed by atoms with Crippen molar-refractivity contribution < 1.29 is 14.3 Å². The minimum atomic E-state index is -0.0413. The third-order valence-electron chi connectivity index (χ3n) is 3.83. The molecule has 0 saturated carbocycles. The molecule has 7 heteroatoms. The summed E-state index contributed by atoms with van der Waals surface area (Å²) in [6.07, 6.45) is 3.09. The highest BCUT2D eigenvalue weighted by atomic mass is 35.5. The molecule has 1 aromatic rings. The van der Waals surface area contributed by atoms with Crippen LogP contribution in [-0.4, -0.2) is 36.7 Å². The van der Waals surface area contributed by atoms with Gasteiger partial charge in [0, 0.05) is 24.7 Å². The lowest BCUT2D eigenvalue weighted by atomic mass is 10.0. The van der Waals surface area contributed by atoms with Crippen LogP contribution in [0, 0.1) is 0 Å². The van der Waals surface area contributed by atoms with E-state index in [9.17, 15) is 4.79 Å². The second-order valence-electron chi connectivity index (χ2n) is 5.08. The maximum atomic E-state index is 12.6. The second-order valence-corrected chi connectivity index (χ2v) is 5.48. The largest absolute Gasteiger partial charge is 0.454 e. The minimum absolute atomic E-state index is 0. The van der Waals surface area contributed by atoms with E-state index in [1.165, 1.54) is 0 Å². The summed E-state index contributed by atoms with van der Waals surface area (Å²) in [5.41, 5.74) is 6.29. The van der Waals surface area contributed by atoms with Crippen LogP contribution in [0.25, 0.3) is 0 Å². The van der Waals surface area contributed by atoms with E-state index in [2.05, 4.69) is 0 Å². The molecule has 1 fully saturated rings. The number of benzene rings is 1. The topological polar surface area (TPSA) is 64.8 Å². The van der Waals surface area contributed by atoms with Crippen LogP contribution < -0.4 is 15.2 Å². The zero-order valence-electron chi connectivity index (χ0n) is 11.5. The van der Waals surface area contributed by atoms with Crippen LogP contribution in [0.2, 0.25) is 5.02 Å². The van der Waals surface area contributed by atoms with Gasteiger partial charge in [-0.25, -0.2) is 0 Å². The van der Waals surface area contributed by atoms with Crippen LogP contribution >= 0.6 is 24.0 Å². The summed E-state index contributed by atoms with van der Waals surface area (Å²) < 4.78 is 10.6. The number of nitrogens with zero attached hydrogens (tertiary/aromatic N) is 1. The molecule has 0 bridgehead atoms. The Hall–Kier alpha value is -1.17. The standard InChI is InChI=1S/C14H17ClN2O3.ClH/c15-11-5-9(6-12-13(11)20-8-19-12)14(18)17-4-2-1-3-10(17)7-16;/h5-6,10H,1-4,7-8,16H2;1H. The molecule has 21 heavy (non-hydrogen) atoms. The van der Waals surface area contributed by atoms with Crippen molar-refractivity contribution in [2.75, 3.05) is 19.9 Å². The highest BCUT2D eigenvalue weighted by Gasteiger charge is 2.28. The number of amides is 1. The van der Waals surface area contributed by atoms with Gasteiger partial charge in [0.05, 0.1) is 5.02 Å². The van der Waals surface area contributed by atoms with E-state index in [1.54, 1.807) is 12.1 Å². The first kappa shape index (κ1) is 16.2. The normalized spacial score (nSPS) is 20.1. The third kappa shape index (κ3) is 3.05. The van der Waals surface area contributed by atoms with E-state index in [4.69, 9.17) is 26.8 Å². The molecule has 0 radical (unpaired) electrons. The molecule has 1 amide bonds. The smallest absolute Gasteiger partial charge is 0.254 e. The van der Waals surface area contributed by atoms with Gasteiger partial charge in [-0.1, -0.05) is 11.6 Å². The van der Waals surface area contributed by atoms with Gasteiger partial charge in [0.15, 0.2) is 11.5 Å². The number of carbonyl (C=O) groups excluding carboxylic acids is 1. The molecule has 1 aromatic carbocycles. The number of rotatable bonds is 2. The van der Waals surface area contributed by atoms with Crippen molar-refractivity contribution in [2.45, 2.75) is 25.3 Å². The number of likely N-dealkylation sites (tertiary alicyclic amines) is 1. The Bertz CT molecular complexity index is 539. The van der Waals surface area contributed by atoms with Gasteiger partial charge in [0.1, 0.15) is 0 Å². The van der Waals surface area contributed by atoms with Gasteiger partial charge in [0.2, 0.25) is 6.79 Å². The molecule has 3 rings (SSSR count). The van der Waals surface area contributed by atoms with Gasteiger partial charge < -0.3 is 20.1 Å². The molecule has 1 atom stereocenters. The van der Waals surface area contributed by atoms with Crippen LogP contribution in [0.5, 0.6) is 11.5 Å². The molecule has 0 aromatic heterocycles. The van der Waals surface area contributed by atoms with Crippen molar-refractivity contribution in [3.8, 4) is 11.5 Å². The van der Waals surface area contributed by atoms with Crippen molar-refractivity contribution in [3.63, 3.8) is 0 Å². The molecule has 2 heterocycles. The summed E-state index contributed by atoms with van der Waals surface area (Å²) in [4.78, 5) is 14.5. The monoisotopic (exact) mass is 332 g/mol. The van der Waals surface area contributed by atoms with E-state index < -0.39 is 0 Å². The fraction of sp³-hybridized carbons (Fsp3) is 0.500. The number of halogens is 2. The number of hydrogen-bond acceptors (Lipinski definition) is 4. The first-order valence-corrected chi connectivity index (χ1v) is 7.18. The fourth-order valence-corrected chi connectivity index (χ4v) is 3.03. The quantitative estimate of drug-likeness (QED) is 0.903. The Morgan fingerprint density at radius 2 is 2.19 bits per heavy atom. The Kier molecular flexibility index (Phi) is 5.19. The van der Waals surface area contributed by atoms with E-state index >= 15 is 0 Å². The Labute approximate surface area is 134 Å². The lowest BCUT2D eigenvalue weighted by molar-refractivity contribution is 0.0623. The molecule has 1 unspecified atom stereocenters. The summed E-state index contributed by atoms with van der Waals surface area (Å²) in [7, 11) is 0. The molecule has 116 valence electrons. The minimum Gasteiger partial charge on any atom is -0.454 e. The predicted molar refractivity (Wildman–Crippen MR) is 82.6 cm³/mol. The summed E-state index contributed by atoms with van der Waals surface area (Å²) in [6, 6.07) is 3.44. The van der Waals surface area contributed by atoms with E-state index in [0.29, 0.717) is 28.6 Å². The summed E-state index contributed by atoms with van der Waals surface area (Å²) >= 11 is 6.13. The van der Waals surface area contributed by atoms with E-state index in [1.807, 2.05) is 4.90 Å². The highest BCUT2D eigenvalue weighted by molar-refractivity contribution is 6.32. The van der Waals surface area contributed by atoms with Crippen molar-refractivity contribution in [3.05, 3.63) is 22.7 Å². The zero-order valence-corrected chi connectivity index (χ0v) is 13.1. The van der Waals surface area contributed by atoms with Gasteiger partial charge in [-0.05, 0) is 31.4 Å². The number of piperidine rings is 1. The molecular weight excluding hydrogens is 315 g/mol. The summed E-state index contributed by atoms with van der Waals surface area (Å²) in [6.45, 7) is 1.37. The third-order valence-corrected chi connectivity index (χ3v) is 4.11. The lowest BCUT2D eigenvalue weighted by Crippen LogP contribution is -2.47. The van der Waals surface area contributed by atoms with Crippen molar-refractivity contribution >= 4 is 29.9 Å². The van der Waals surface area contributed by atoms with Crippen LogP contribution in [0.15, 0.2) is 12.1 Å². The maximum Gasteiger partial charge on any atom is 0.254 e. The fourth-order valence-electron chi connectivity index (χ4n) is 2.77. The van der Waals surface area contributed by atoms with Gasteiger partial charge in [-0.15, -0.1) is 12.4 Å². The van der Waals surface area contributed by atoms with Crippen molar-refractivity contribution in [2.24, 2.45) is 5.73 Å². The van der Waals surface area contributed by atoms with Gasteiger partial charge in [-0.2, -0.15) is 0 Å². The number of carbonyl (C=O) groups is 1. The molecule has 5 nitrogen and oxygen atoms in total. The van der Waals surface area contributed by atoms with Crippen LogP contribution in [0.3, 0.4) is 0 Å².